The van der Waals surface area contributed by atoms with Crippen LogP contribution >= 0.6 is 33.9 Å². The van der Waals surface area contributed by atoms with Gasteiger partial charge in [-0.05, 0) is 22.6 Å². The maximum atomic E-state index is 11.3. The van der Waals surface area contributed by atoms with E-state index in [1.54, 1.807) is 34.3 Å². The van der Waals surface area contributed by atoms with Crippen LogP contribution in [0.4, 0.5) is 0 Å². The summed E-state index contributed by atoms with van der Waals surface area (Å²) in [5.41, 5.74) is 1.28. The van der Waals surface area contributed by atoms with Crippen molar-refractivity contribution in [3.63, 3.8) is 0 Å². The smallest absolute Gasteiger partial charge is 0.268 e. The molecule has 72 valence electrons. The van der Waals surface area contributed by atoms with Gasteiger partial charge >= 0.3 is 0 Å². The van der Waals surface area contributed by atoms with Crippen molar-refractivity contribution in [3.05, 3.63) is 25.6 Å². The number of aromatic amines is 1. The quantitative estimate of drug-likeness (QED) is 0.774. The first-order valence-corrected chi connectivity index (χ1v) is 5.52. The van der Waals surface area contributed by atoms with E-state index in [9.17, 15) is 9.90 Å². The highest BCUT2D eigenvalue weighted by molar-refractivity contribution is 14.1. The first kappa shape index (κ1) is 9.59. The summed E-state index contributed by atoms with van der Waals surface area (Å²) in [6.45, 7) is 0. The number of rotatable bonds is 1. The summed E-state index contributed by atoms with van der Waals surface area (Å²) < 4.78 is 0.191. The minimum Gasteiger partial charge on any atom is -0.492 e. The Kier molecular flexibility index (Phi) is 2.50. The number of nitrogens with zero attached hydrogens (tertiary/aromatic N) is 2. The number of hydrogen-bond acceptors (Lipinski definition) is 5. The summed E-state index contributed by atoms with van der Waals surface area (Å²) in [5.74, 6) is 0.0909. The monoisotopic (exact) mass is 321 g/mol. The van der Waals surface area contributed by atoms with Crippen LogP contribution in [0.25, 0.3) is 10.7 Å². The molecule has 0 unspecified atom stereocenters. The minimum absolute atomic E-state index is 0.191. The lowest BCUT2D eigenvalue weighted by Gasteiger charge is -1.98. The molecule has 0 aliphatic rings. The van der Waals surface area contributed by atoms with Crippen molar-refractivity contribution in [2.75, 3.05) is 0 Å². The maximum absolute atomic E-state index is 11.3. The molecule has 0 fully saturated rings. The average Bonchev–Trinajstić information content (AvgIpc) is 2.66. The highest BCUT2D eigenvalue weighted by atomic mass is 127. The Morgan fingerprint density at radius 1 is 1.57 bits per heavy atom. The van der Waals surface area contributed by atoms with Crippen molar-refractivity contribution >= 4 is 33.9 Å². The van der Waals surface area contributed by atoms with E-state index in [-0.39, 0.29) is 15.0 Å². The van der Waals surface area contributed by atoms with Gasteiger partial charge in [0, 0.05) is 6.20 Å². The van der Waals surface area contributed by atoms with Crippen LogP contribution in [0.5, 0.6) is 5.88 Å². The molecule has 5 nitrogen and oxygen atoms in total. The van der Waals surface area contributed by atoms with Crippen LogP contribution in [0.1, 0.15) is 0 Å². The van der Waals surface area contributed by atoms with E-state index in [0.29, 0.717) is 10.7 Å². The Bertz CT molecular complexity index is 508. The fourth-order valence-corrected chi connectivity index (χ4v) is 1.72. The van der Waals surface area contributed by atoms with Crippen molar-refractivity contribution in [2.45, 2.75) is 0 Å². The molecule has 0 aromatic carbocycles. The van der Waals surface area contributed by atoms with Gasteiger partial charge in [0.1, 0.15) is 3.57 Å². The molecule has 0 aliphatic carbocycles. The van der Waals surface area contributed by atoms with Gasteiger partial charge in [-0.1, -0.05) is 0 Å². The van der Waals surface area contributed by atoms with Crippen LogP contribution in [0.2, 0.25) is 0 Å². The summed E-state index contributed by atoms with van der Waals surface area (Å²) in [5, 5.41) is 9.33. The molecule has 0 atom stereocenters. The average molecular weight is 321 g/mol. The van der Waals surface area contributed by atoms with Crippen LogP contribution in [0.15, 0.2) is 16.5 Å². The van der Waals surface area contributed by atoms with E-state index in [1.165, 1.54) is 11.3 Å². The van der Waals surface area contributed by atoms with Gasteiger partial charge in [-0.2, -0.15) is 4.98 Å². The number of aromatic nitrogens is 3. The zero-order valence-corrected chi connectivity index (χ0v) is 9.66. The molecule has 0 bridgehead atoms. The number of thiazole rings is 1. The molecular formula is C7H4IN3O2S. The second-order valence-electron chi connectivity index (χ2n) is 2.42. The second kappa shape index (κ2) is 3.65. The van der Waals surface area contributed by atoms with Crippen molar-refractivity contribution < 1.29 is 5.11 Å². The third kappa shape index (κ3) is 1.64. The molecule has 2 aromatic rings. The second-order valence-corrected chi connectivity index (χ2v) is 4.38. The van der Waals surface area contributed by atoms with Crippen LogP contribution < -0.4 is 5.56 Å². The van der Waals surface area contributed by atoms with E-state index < -0.39 is 0 Å². The van der Waals surface area contributed by atoms with Gasteiger partial charge in [-0.15, -0.1) is 11.3 Å². The first-order chi connectivity index (χ1) is 6.68. The molecule has 2 N–H and O–H groups in total. The van der Waals surface area contributed by atoms with Crippen molar-refractivity contribution in [1.82, 2.24) is 15.0 Å². The number of aromatic hydroxyl groups is 1. The summed E-state index contributed by atoms with van der Waals surface area (Å²) in [7, 11) is 0. The fourth-order valence-electron chi connectivity index (χ4n) is 0.896. The van der Waals surface area contributed by atoms with E-state index in [0.717, 1.165) is 0 Å². The SMILES string of the molecule is O=c1[nH]c(-c2cncs2)nc(O)c1I. The van der Waals surface area contributed by atoms with Crippen LogP contribution in [-0.4, -0.2) is 20.1 Å². The normalized spacial score (nSPS) is 10.4. The van der Waals surface area contributed by atoms with Gasteiger partial charge < -0.3 is 10.1 Å². The molecule has 2 heterocycles. The Labute approximate surface area is 96.0 Å². The van der Waals surface area contributed by atoms with Gasteiger partial charge in [0.2, 0.25) is 5.88 Å². The van der Waals surface area contributed by atoms with Crippen molar-refractivity contribution in [2.24, 2.45) is 0 Å². The molecule has 0 radical (unpaired) electrons. The summed E-state index contributed by atoms with van der Waals surface area (Å²) in [6.07, 6.45) is 1.58. The maximum Gasteiger partial charge on any atom is 0.268 e. The van der Waals surface area contributed by atoms with Gasteiger partial charge in [-0.3, -0.25) is 9.78 Å². The number of halogens is 1. The first-order valence-electron chi connectivity index (χ1n) is 3.56. The highest BCUT2D eigenvalue weighted by Crippen LogP contribution is 2.21. The summed E-state index contributed by atoms with van der Waals surface area (Å²) >= 11 is 3.08. The van der Waals surface area contributed by atoms with Crippen LogP contribution in [0.3, 0.4) is 0 Å². The molecule has 7 heteroatoms. The molecule has 0 saturated heterocycles. The molecule has 14 heavy (non-hydrogen) atoms. The molecular weight excluding hydrogens is 317 g/mol. The summed E-state index contributed by atoms with van der Waals surface area (Å²) in [6, 6.07) is 0. The number of nitrogens with one attached hydrogen (secondary N) is 1. The Balaban J connectivity index is 2.63. The van der Waals surface area contributed by atoms with Crippen LogP contribution in [-0.2, 0) is 0 Å². The van der Waals surface area contributed by atoms with E-state index in [1.807, 2.05) is 0 Å². The zero-order valence-electron chi connectivity index (χ0n) is 6.69. The van der Waals surface area contributed by atoms with E-state index in [2.05, 4.69) is 15.0 Å². The molecule has 0 aliphatic heterocycles. The molecule has 0 saturated carbocycles. The third-order valence-corrected chi connectivity index (χ3v) is 3.26. The van der Waals surface area contributed by atoms with Crippen molar-refractivity contribution in [3.8, 4) is 16.6 Å². The molecule has 0 spiro atoms. The minimum atomic E-state index is -0.346. The number of hydrogen-bond donors (Lipinski definition) is 2. The Morgan fingerprint density at radius 3 is 2.93 bits per heavy atom. The standard InChI is InChI=1S/C7H4IN3O2S/c8-4-6(12)10-5(11-7(4)13)3-1-9-2-14-3/h1-2H,(H2,10,11,12,13). The van der Waals surface area contributed by atoms with Gasteiger partial charge in [0.25, 0.3) is 5.56 Å². The van der Waals surface area contributed by atoms with Crippen LogP contribution in [0, 0.1) is 3.57 Å². The Morgan fingerprint density at radius 2 is 2.36 bits per heavy atom. The van der Waals surface area contributed by atoms with Gasteiger partial charge in [0.15, 0.2) is 5.82 Å². The van der Waals surface area contributed by atoms with Gasteiger partial charge in [0.05, 0.1) is 10.4 Å². The summed E-state index contributed by atoms with van der Waals surface area (Å²) in [4.78, 5) is 22.2. The highest BCUT2D eigenvalue weighted by Gasteiger charge is 2.09. The number of H-pyrrole nitrogens is 1. The third-order valence-electron chi connectivity index (χ3n) is 1.51. The Hall–Kier alpha value is -0.960. The molecule has 0 amide bonds. The topological polar surface area (TPSA) is 78.9 Å². The largest absolute Gasteiger partial charge is 0.492 e. The predicted molar refractivity (Wildman–Crippen MR) is 60.3 cm³/mol. The molecule has 2 rings (SSSR count). The van der Waals surface area contributed by atoms with E-state index in [4.69, 9.17) is 0 Å². The lowest BCUT2D eigenvalue weighted by molar-refractivity contribution is 0.447. The van der Waals surface area contributed by atoms with Gasteiger partial charge in [-0.25, -0.2) is 0 Å². The van der Waals surface area contributed by atoms with Crippen molar-refractivity contribution in [1.29, 1.82) is 0 Å². The lowest BCUT2D eigenvalue weighted by Crippen LogP contribution is -2.11. The zero-order chi connectivity index (χ0) is 10.1. The molecule has 2 aromatic heterocycles. The fraction of sp³-hybridized carbons (Fsp3) is 0. The predicted octanol–water partition coefficient (Wildman–Crippen LogP) is 1.20. The van der Waals surface area contributed by atoms with E-state index >= 15 is 0 Å². The lowest BCUT2D eigenvalue weighted by atomic mass is 10.5.